The van der Waals surface area contributed by atoms with Crippen LogP contribution in [0.2, 0.25) is 0 Å². The number of rotatable bonds is 0. The molecule has 0 radical (unpaired) electrons. The Morgan fingerprint density at radius 1 is 1.27 bits per heavy atom. The summed E-state index contributed by atoms with van der Waals surface area (Å²) in [5, 5.41) is 0. The van der Waals surface area contributed by atoms with E-state index in [1.807, 2.05) is 6.92 Å². The second-order valence-corrected chi connectivity index (χ2v) is 5.34. The number of ketones is 1. The highest BCUT2D eigenvalue weighted by Crippen LogP contribution is 2.61. The van der Waals surface area contributed by atoms with Crippen molar-refractivity contribution in [1.82, 2.24) is 0 Å². The molecule has 1 aliphatic heterocycles. The Bertz CT molecular complexity index is 349. The van der Waals surface area contributed by atoms with Crippen molar-refractivity contribution in [2.24, 2.45) is 11.3 Å². The molecule has 0 aromatic carbocycles. The van der Waals surface area contributed by atoms with Crippen LogP contribution in [0.4, 0.5) is 0 Å². The van der Waals surface area contributed by atoms with Gasteiger partial charge in [0.1, 0.15) is 11.4 Å². The molecule has 0 aromatic heterocycles. The quantitative estimate of drug-likeness (QED) is 0.570. The van der Waals surface area contributed by atoms with Crippen LogP contribution in [0.5, 0.6) is 0 Å². The molecular weight excluding hydrogens is 192 g/mol. The first-order valence-corrected chi connectivity index (χ1v) is 5.86. The fraction of sp³-hybridized carbons (Fsp3) is 0.833. The second kappa shape index (κ2) is 2.63. The molecule has 3 heteroatoms. The van der Waals surface area contributed by atoms with Gasteiger partial charge in [-0.15, -0.1) is 0 Å². The predicted molar refractivity (Wildman–Crippen MR) is 53.1 cm³/mol. The first-order valence-electron chi connectivity index (χ1n) is 5.86. The van der Waals surface area contributed by atoms with Crippen LogP contribution in [0, 0.1) is 11.3 Å². The van der Waals surface area contributed by atoms with E-state index in [0.717, 1.165) is 32.1 Å². The number of carbonyl (C=O) groups excluding carboxylic acids is 2. The number of carbonyl (C=O) groups is 2. The number of esters is 1. The first-order chi connectivity index (χ1) is 7.10. The third-order valence-corrected chi connectivity index (χ3v) is 4.77. The molecule has 2 saturated carbocycles. The van der Waals surface area contributed by atoms with Gasteiger partial charge < -0.3 is 4.74 Å². The zero-order valence-electron chi connectivity index (χ0n) is 9.04. The molecule has 2 bridgehead atoms. The summed E-state index contributed by atoms with van der Waals surface area (Å²) in [7, 11) is 0. The number of Topliss-reactive ketones (excluding diaryl/α,β-unsaturated/α-hetero) is 1. The lowest BCUT2D eigenvalue weighted by molar-refractivity contribution is -0.152. The Morgan fingerprint density at radius 3 is 2.67 bits per heavy atom. The topological polar surface area (TPSA) is 43.4 Å². The molecule has 0 N–H and O–H groups in total. The average Bonchev–Trinajstić information content (AvgIpc) is 2.57. The van der Waals surface area contributed by atoms with Gasteiger partial charge in [0.15, 0.2) is 0 Å². The molecule has 3 aliphatic rings. The number of hydrogen-bond acceptors (Lipinski definition) is 3. The van der Waals surface area contributed by atoms with E-state index in [1.165, 1.54) is 0 Å². The molecule has 15 heavy (non-hydrogen) atoms. The molecule has 3 rings (SSSR count). The normalized spacial score (nSPS) is 48.7. The van der Waals surface area contributed by atoms with Crippen molar-refractivity contribution in [2.75, 3.05) is 0 Å². The smallest absolute Gasteiger partial charge is 0.310 e. The molecule has 1 spiro atoms. The van der Waals surface area contributed by atoms with E-state index in [0.29, 0.717) is 6.42 Å². The lowest BCUT2D eigenvalue weighted by Gasteiger charge is -2.42. The molecule has 1 heterocycles. The number of hydrogen-bond donors (Lipinski definition) is 0. The summed E-state index contributed by atoms with van der Waals surface area (Å²) < 4.78 is 5.52. The zero-order valence-corrected chi connectivity index (χ0v) is 9.04. The van der Waals surface area contributed by atoms with Crippen LogP contribution >= 0.6 is 0 Å². The van der Waals surface area contributed by atoms with Crippen LogP contribution in [-0.2, 0) is 14.3 Å². The van der Waals surface area contributed by atoms with Gasteiger partial charge in [-0.3, -0.25) is 9.59 Å². The Balaban J connectivity index is 2.14. The summed E-state index contributed by atoms with van der Waals surface area (Å²) in [5.41, 5.74) is -0.928. The summed E-state index contributed by atoms with van der Waals surface area (Å²) in [6, 6.07) is 0. The second-order valence-electron chi connectivity index (χ2n) is 5.34. The van der Waals surface area contributed by atoms with E-state index in [-0.39, 0.29) is 17.7 Å². The van der Waals surface area contributed by atoms with Crippen molar-refractivity contribution in [3.05, 3.63) is 0 Å². The maximum absolute atomic E-state index is 12.1. The minimum atomic E-state index is -0.486. The van der Waals surface area contributed by atoms with Crippen molar-refractivity contribution < 1.29 is 14.3 Å². The third-order valence-electron chi connectivity index (χ3n) is 4.77. The molecule has 3 atom stereocenters. The van der Waals surface area contributed by atoms with Gasteiger partial charge in [0.2, 0.25) is 0 Å². The van der Waals surface area contributed by atoms with Gasteiger partial charge in [0.25, 0.3) is 0 Å². The van der Waals surface area contributed by atoms with Crippen molar-refractivity contribution in [3.63, 3.8) is 0 Å². The molecule has 3 fully saturated rings. The highest BCUT2D eigenvalue weighted by atomic mass is 16.6. The third kappa shape index (κ3) is 0.876. The largest absolute Gasteiger partial charge is 0.458 e. The monoisotopic (exact) mass is 208 g/mol. The SMILES string of the molecule is C[C@]12CCC[C@H](C(=O)O1)[C@]21CCCC1=O. The molecule has 3 nitrogen and oxygen atoms in total. The van der Waals surface area contributed by atoms with Crippen molar-refractivity contribution in [1.29, 1.82) is 0 Å². The van der Waals surface area contributed by atoms with E-state index in [1.54, 1.807) is 0 Å². The zero-order chi connectivity index (χ0) is 10.7. The molecule has 0 amide bonds. The van der Waals surface area contributed by atoms with Crippen LogP contribution in [-0.4, -0.2) is 17.4 Å². The van der Waals surface area contributed by atoms with Crippen LogP contribution in [0.15, 0.2) is 0 Å². The minimum absolute atomic E-state index is 0.120. The van der Waals surface area contributed by atoms with Gasteiger partial charge in [0.05, 0.1) is 11.3 Å². The van der Waals surface area contributed by atoms with Gasteiger partial charge >= 0.3 is 5.97 Å². The molecule has 0 unspecified atom stereocenters. The molecular formula is C12H16O3. The lowest BCUT2D eigenvalue weighted by Crippen LogP contribution is -2.51. The molecule has 82 valence electrons. The van der Waals surface area contributed by atoms with Gasteiger partial charge in [-0.1, -0.05) is 0 Å². The summed E-state index contributed by atoms with van der Waals surface area (Å²) >= 11 is 0. The van der Waals surface area contributed by atoms with Crippen molar-refractivity contribution in [3.8, 4) is 0 Å². The Morgan fingerprint density at radius 2 is 2.07 bits per heavy atom. The Kier molecular flexibility index (Phi) is 1.64. The predicted octanol–water partition coefficient (Wildman–Crippen LogP) is 1.84. The first kappa shape index (κ1) is 9.37. The number of ether oxygens (including phenoxy) is 1. The fourth-order valence-corrected chi connectivity index (χ4v) is 4.05. The van der Waals surface area contributed by atoms with Gasteiger partial charge in [-0.05, 0) is 39.0 Å². The van der Waals surface area contributed by atoms with Gasteiger partial charge in [-0.2, -0.15) is 0 Å². The van der Waals surface area contributed by atoms with Crippen LogP contribution in [0.3, 0.4) is 0 Å². The van der Waals surface area contributed by atoms with Crippen LogP contribution in [0.1, 0.15) is 45.4 Å². The average molecular weight is 208 g/mol. The fourth-order valence-electron chi connectivity index (χ4n) is 4.05. The highest BCUT2D eigenvalue weighted by Gasteiger charge is 2.69. The van der Waals surface area contributed by atoms with Gasteiger partial charge in [-0.25, -0.2) is 0 Å². The van der Waals surface area contributed by atoms with Crippen molar-refractivity contribution >= 4 is 11.8 Å². The maximum atomic E-state index is 12.1. The molecule has 0 aromatic rings. The van der Waals surface area contributed by atoms with E-state index in [9.17, 15) is 9.59 Å². The maximum Gasteiger partial charge on any atom is 0.310 e. The summed E-state index contributed by atoms with van der Waals surface area (Å²) in [6.45, 7) is 1.97. The summed E-state index contributed by atoms with van der Waals surface area (Å²) in [4.78, 5) is 23.9. The summed E-state index contributed by atoms with van der Waals surface area (Å²) in [5.74, 6) is 0.0250. The van der Waals surface area contributed by atoms with Crippen LogP contribution < -0.4 is 0 Å². The van der Waals surface area contributed by atoms with E-state index in [2.05, 4.69) is 0 Å². The minimum Gasteiger partial charge on any atom is -0.458 e. The van der Waals surface area contributed by atoms with Gasteiger partial charge in [0, 0.05) is 6.42 Å². The summed E-state index contributed by atoms with van der Waals surface area (Å²) in [6.07, 6.45) is 5.16. The van der Waals surface area contributed by atoms with Crippen molar-refractivity contribution in [2.45, 2.75) is 51.0 Å². The molecule has 1 saturated heterocycles. The van der Waals surface area contributed by atoms with E-state index in [4.69, 9.17) is 4.74 Å². The molecule has 2 aliphatic carbocycles. The Labute approximate surface area is 89.2 Å². The standard InChI is InChI=1S/C12H16O3/c1-11-6-2-4-8(10(14)15-11)12(11)7-3-5-9(12)13/h8H,2-7H2,1H3/t8-,11-,12+/m1/s1. The van der Waals surface area contributed by atoms with E-state index < -0.39 is 11.0 Å². The lowest BCUT2D eigenvalue weighted by atomic mass is 9.58. The highest BCUT2D eigenvalue weighted by molar-refractivity contribution is 5.96. The Hall–Kier alpha value is -0.860. The van der Waals surface area contributed by atoms with E-state index >= 15 is 0 Å². The van der Waals surface area contributed by atoms with Crippen LogP contribution in [0.25, 0.3) is 0 Å².